The summed E-state index contributed by atoms with van der Waals surface area (Å²) in [6.45, 7) is 1.98. The predicted molar refractivity (Wildman–Crippen MR) is 121 cm³/mol. The number of H-pyrrole nitrogens is 1. The molecule has 5 unspecified atom stereocenters. The standard InChI is InChI=1S/C20H32N6O6S/c1-11(27)16(20(31)32)26-19(30)15(8-12-9-21-10-23-12)25-18(29)14(5-7-33-2)24-17(28)13-4-3-6-22-13/h9-11,13-16,22,27H,3-8H2,1-2H3,(H,21,23)(H,24,28)(H,25,29)(H,26,30)(H,31,32). The van der Waals surface area contributed by atoms with Gasteiger partial charge in [-0.25, -0.2) is 9.78 Å². The number of hydrogen-bond donors (Lipinski definition) is 7. The first-order chi connectivity index (χ1) is 15.7. The lowest BCUT2D eigenvalue weighted by Gasteiger charge is -2.25. The van der Waals surface area contributed by atoms with E-state index in [-0.39, 0.29) is 18.4 Å². The van der Waals surface area contributed by atoms with Gasteiger partial charge in [-0.1, -0.05) is 0 Å². The number of aromatic nitrogens is 2. The van der Waals surface area contributed by atoms with Gasteiger partial charge in [-0.05, 0) is 44.7 Å². The zero-order valence-electron chi connectivity index (χ0n) is 18.7. The van der Waals surface area contributed by atoms with Crippen LogP contribution in [0.15, 0.2) is 12.5 Å². The van der Waals surface area contributed by atoms with Crippen LogP contribution in [0.25, 0.3) is 0 Å². The summed E-state index contributed by atoms with van der Waals surface area (Å²) in [4.78, 5) is 56.6. The molecule has 3 amide bonds. The van der Waals surface area contributed by atoms with Gasteiger partial charge in [0.15, 0.2) is 6.04 Å². The summed E-state index contributed by atoms with van der Waals surface area (Å²) >= 11 is 1.52. The van der Waals surface area contributed by atoms with Crippen LogP contribution in [0.3, 0.4) is 0 Å². The summed E-state index contributed by atoms with van der Waals surface area (Å²) < 4.78 is 0. The second kappa shape index (κ2) is 13.2. The van der Waals surface area contributed by atoms with E-state index in [4.69, 9.17) is 0 Å². The number of carboxylic acids is 1. The number of aliphatic hydroxyl groups is 1. The number of carbonyl (C=O) groups is 4. The Morgan fingerprint density at radius 2 is 1.94 bits per heavy atom. The molecule has 7 N–H and O–H groups in total. The van der Waals surface area contributed by atoms with E-state index in [0.29, 0.717) is 24.3 Å². The van der Waals surface area contributed by atoms with Gasteiger partial charge in [0.1, 0.15) is 12.1 Å². The summed E-state index contributed by atoms with van der Waals surface area (Å²) in [5.41, 5.74) is 0.541. The highest BCUT2D eigenvalue weighted by molar-refractivity contribution is 7.98. The quantitative estimate of drug-likeness (QED) is 0.173. The number of imidazole rings is 1. The number of aromatic amines is 1. The zero-order valence-corrected chi connectivity index (χ0v) is 19.5. The Hall–Kier alpha value is -2.64. The number of carboxylic acid groups (broad SMARTS) is 1. The van der Waals surface area contributed by atoms with Gasteiger partial charge in [-0.3, -0.25) is 14.4 Å². The molecule has 5 atom stereocenters. The number of nitrogens with one attached hydrogen (secondary N) is 5. The molecule has 33 heavy (non-hydrogen) atoms. The smallest absolute Gasteiger partial charge is 0.328 e. The van der Waals surface area contributed by atoms with Gasteiger partial charge < -0.3 is 36.5 Å². The van der Waals surface area contributed by atoms with Gasteiger partial charge in [0.25, 0.3) is 0 Å². The third-order valence-electron chi connectivity index (χ3n) is 5.28. The van der Waals surface area contributed by atoms with Crippen molar-refractivity contribution in [2.24, 2.45) is 0 Å². The summed E-state index contributed by atoms with van der Waals surface area (Å²) in [6, 6.07) is -3.92. The molecule has 12 nitrogen and oxygen atoms in total. The summed E-state index contributed by atoms with van der Waals surface area (Å²) in [6.07, 6.45) is 5.36. The minimum atomic E-state index is -1.54. The predicted octanol–water partition coefficient (Wildman–Crippen LogP) is -1.62. The lowest BCUT2D eigenvalue weighted by Crippen LogP contribution is -2.58. The summed E-state index contributed by atoms with van der Waals surface area (Å²) in [7, 11) is 0. The van der Waals surface area contributed by atoms with E-state index in [1.807, 2.05) is 6.26 Å². The minimum absolute atomic E-state index is 0.0110. The Morgan fingerprint density at radius 1 is 1.21 bits per heavy atom. The molecule has 1 aliphatic heterocycles. The average Bonchev–Trinajstić information content (AvgIpc) is 3.47. The molecule has 0 aliphatic carbocycles. The Balaban J connectivity index is 2.14. The Kier molecular flexibility index (Phi) is 10.6. The van der Waals surface area contributed by atoms with Crippen molar-refractivity contribution in [3.05, 3.63) is 18.2 Å². The third kappa shape index (κ3) is 8.33. The fourth-order valence-corrected chi connectivity index (χ4v) is 3.90. The monoisotopic (exact) mass is 484 g/mol. The van der Waals surface area contributed by atoms with Crippen molar-refractivity contribution in [1.82, 2.24) is 31.2 Å². The molecule has 13 heteroatoms. The first-order valence-electron chi connectivity index (χ1n) is 10.7. The van der Waals surface area contributed by atoms with E-state index < -0.39 is 42.0 Å². The molecule has 1 aliphatic rings. The molecule has 2 heterocycles. The van der Waals surface area contributed by atoms with Crippen molar-refractivity contribution in [2.75, 3.05) is 18.6 Å². The molecular weight excluding hydrogens is 452 g/mol. The maximum atomic E-state index is 13.1. The van der Waals surface area contributed by atoms with E-state index in [1.165, 1.54) is 31.2 Å². The molecule has 1 aromatic heterocycles. The van der Waals surface area contributed by atoms with Gasteiger partial charge in [0.05, 0.1) is 18.5 Å². The topological polar surface area (TPSA) is 186 Å². The maximum absolute atomic E-state index is 13.1. The highest BCUT2D eigenvalue weighted by Crippen LogP contribution is 2.08. The lowest BCUT2D eigenvalue weighted by molar-refractivity contribution is -0.145. The van der Waals surface area contributed by atoms with Crippen LogP contribution in [0.1, 0.15) is 31.9 Å². The van der Waals surface area contributed by atoms with Crippen LogP contribution in [0.4, 0.5) is 0 Å². The number of aliphatic hydroxyl groups excluding tert-OH is 1. The number of thioether (sulfide) groups is 1. The first kappa shape index (κ1) is 26.6. The van der Waals surface area contributed by atoms with Crippen LogP contribution in [-0.2, 0) is 25.6 Å². The highest BCUT2D eigenvalue weighted by Gasteiger charge is 2.32. The normalized spacial score (nSPS) is 19.2. The second-order valence-corrected chi connectivity index (χ2v) is 8.88. The maximum Gasteiger partial charge on any atom is 0.328 e. The molecule has 0 spiro atoms. The lowest BCUT2D eigenvalue weighted by atomic mass is 10.1. The number of hydrogen-bond acceptors (Lipinski definition) is 8. The van der Waals surface area contributed by atoms with Crippen LogP contribution in [0, 0.1) is 0 Å². The molecule has 0 saturated carbocycles. The van der Waals surface area contributed by atoms with Crippen molar-refractivity contribution >= 4 is 35.5 Å². The third-order valence-corrected chi connectivity index (χ3v) is 5.92. The zero-order chi connectivity index (χ0) is 24.4. The van der Waals surface area contributed by atoms with E-state index in [0.717, 1.165) is 13.0 Å². The summed E-state index contributed by atoms with van der Waals surface area (Å²) in [5, 5.41) is 29.7. The van der Waals surface area contributed by atoms with Gasteiger partial charge in [-0.2, -0.15) is 11.8 Å². The van der Waals surface area contributed by atoms with Crippen molar-refractivity contribution in [1.29, 1.82) is 0 Å². The minimum Gasteiger partial charge on any atom is -0.480 e. The van der Waals surface area contributed by atoms with Crippen molar-refractivity contribution < 1.29 is 29.4 Å². The first-order valence-corrected chi connectivity index (χ1v) is 12.1. The number of amides is 3. The summed E-state index contributed by atoms with van der Waals surface area (Å²) in [5.74, 6) is -2.41. The van der Waals surface area contributed by atoms with Crippen LogP contribution in [0.2, 0.25) is 0 Å². The van der Waals surface area contributed by atoms with Crippen LogP contribution in [0.5, 0.6) is 0 Å². The van der Waals surface area contributed by atoms with E-state index in [9.17, 15) is 29.4 Å². The number of rotatable bonds is 13. The van der Waals surface area contributed by atoms with Crippen LogP contribution >= 0.6 is 11.8 Å². The Morgan fingerprint density at radius 3 is 2.48 bits per heavy atom. The van der Waals surface area contributed by atoms with Crippen molar-refractivity contribution in [3.63, 3.8) is 0 Å². The number of carbonyl (C=O) groups excluding carboxylic acids is 3. The molecule has 184 valence electrons. The van der Waals surface area contributed by atoms with Crippen LogP contribution in [-0.4, -0.2) is 92.7 Å². The highest BCUT2D eigenvalue weighted by atomic mass is 32.2. The molecule has 0 bridgehead atoms. The molecular formula is C20H32N6O6S. The van der Waals surface area contributed by atoms with Gasteiger partial charge in [0.2, 0.25) is 17.7 Å². The van der Waals surface area contributed by atoms with Crippen LogP contribution < -0.4 is 21.3 Å². The molecule has 2 rings (SSSR count). The average molecular weight is 485 g/mol. The van der Waals surface area contributed by atoms with E-state index in [1.54, 1.807) is 0 Å². The van der Waals surface area contributed by atoms with Gasteiger partial charge in [0, 0.05) is 18.3 Å². The molecule has 0 radical (unpaired) electrons. The van der Waals surface area contributed by atoms with Gasteiger partial charge >= 0.3 is 5.97 Å². The molecule has 1 aromatic rings. The molecule has 0 aromatic carbocycles. The fraction of sp³-hybridized carbons (Fsp3) is 0.650. The largest absolute Gasteiger partial charge is 0.480 e. The fourth-order valence-electron chi connectivity index (χ4n) is 3.43. The van der Waals surface area contributed by atoms with Gasteiger partial charge in [-0.15, -0.1) is 0 Å². The van der Waals surface area contributed by atoms with E-state index in [2.05, 4.69) is 31.2 Å². The second-order valence-electron chi connectivity index (χ2n) is 7.90. The number of aliphatic carboxylic acids is 1. The van der Waals surface area contributed by atoms with Crippen molar-refractivity contribution in [3.8, 4) is 0 Å². The Bertz CT molecular complexity index is 799. The molecule has 1 fully saturated rings. The van der Waals surface area contributed by atoms with E-state index >= 15 is 0 Å². The Labute approximate surface area is 196 Å². The SMILES string of the molecule is CSCCC(NC(=O)C1CCCN1)C(=O)NC(Cc1cnc[nH]1)C(=O)NC(C(=O)O)C(C)O. The number of nitrogens with zero attached hydrogens (tertiary/aromatic N) is 1. The van der Waals surface area contributed by atoms with Crippen molar-refractivity contribution in [2.45, 2.75) is 62.9 Å². The molecule has 1 saturated heterocycles.